The van der Waals surface area contributed by atoms with E-state index in [1.54, 1.807) is 31.3 Å². The fraction of sp³-hybridized carbons (Fsp3) is 0.286. The van der Waals surface area contributed by atoms with E-state index in [1.165, 1.54) is 9.80 Å². The summed E-state index contributed by atoms with van der Waals surface area (Å²) in [5, 5.41) is 0. The molecule has 138 valence electrons. The molecule has 4 rings (SSSR count). The van der Waals surface area contributed by atoms with Crippen molar-refractivity contribution < 1.29 is 19.1 Å². The third-order valence-electron chi connectivity index (χ3n) is 5.36. The number of benzene rings is 2. The summed E-state index contributed by atoms with van der Waals surface area (Å²) in [6.45, 7) is 2.07. The molecule has 2 heterocycles. The van der Waals surface area contributed by atoms with Gasteiger partial charge in [-0.1, -0.05) is 42.0 Å². The van der Waals surface area contributed by atoms with Crippen LogP contribution in [0.2, 0.25) is 0 Å². The minimum absolute atomic E-state index is 0.0899. The minimum atomic E-state index is -1.42. The van der Waals surface area contributed by atoms with Gasteiger partial charge in [-0.15, -0.1) is 0 Å². The number of carbonyl (C=O) groups is 3. The van der Waals surface area contributed by atoms with Crippen molar-refractivity contribution >= 4 is 23.5 Å². The summed E-state index contributed by atoms with van der Waals surface area (Å²) in [7, 11) is 1.55. The van der Waals surface area contributed by atoms with Gasteiger partial charge in [0, 0.05) is 19.9 Å². The van der Waals surface area contributed by atoms with E-state index in [9.17, 15) is 14.4 Å². The number of hydrogen-bond donors (Lipinski definition) is 0. The molecule has 6 heteroatoms. The van der Waals surface area contributed by atoms with Crippen LogP contribution in [0, 0.1) is 6.92 Å². The maximum absolute atomic E-state index is 13.1. The van der Waals surface area contributed by atoms with Gasteiger partial charge in [0.1, 0.15) is 6.61 Å². The van der Waals surface area contributed by atoms with Crippen LogP contribution >= 0.6 is 0 Å². The highest BCUT2D eigenvalue weighted by molar-refractivity contribution is 6.15. The predicted octanol–water partition coefficient (Wildman–Crippen LogP) is 2.65. The number of fused-ring (bicyclic) bond motifs is 3. The van der Waals surface area contributed by atoms with E-state index in [0.717, 1.165) is 11.1 Å². The zero-order chi connectivity index (χ0) is 19.2. The van der Waals surface area contributed by atoms with Crippen molar-refractivity contribution in [3.05, 3.63) is 65.2 Å². The number of likely N-dealkylation sites (N-methyl/N-ethyl adjacent to an activating group) is 1. The van der Waals surface area contributed by atoms with Crippen molar-refractivity contribution in [2.45, 2.75) is 32.0 Å². The van der Waals surface area contributed by atoms with Crippen LogP contribution < -0.4 is 4.90 Å². The second kappa shape index (κ2) is 6.23. The van der Waals surface area contributed by atoms with Crippen LogP contribution in [0.15, 0.2) is 48.5 Å². The Hall–Kier alpha value is -3.15. The number of ether oxygens (including phenoxy) is 1. The number of aryl methyl sites for hydroxylation is 1. The number of amides is 2. The van der Waals surface area contributed by atoms with Crippen molar-refractivity contribution in [3.8, 4) is 0 Å². The molecule has 1 saturated heterocycles. The molecule has 0 N–H and O–H groups in total. The van der Waals surface area contributed by atoms with Crippen molar-refractivity contribution in [2.24, 2.45) is 0 Å². The Labute approximate surface area is 157 Å². The van der Waals surface area contributed by atoms with E-state index >= 15 is 0 Å². The van der Waals surface area contributed by atoms with Crippen LogP contribution in [0.4, 0.5) is 5.69 Å². The lowest BCUT2D eigenvalue weighted by Crippen LogP contribution is -2.67. The van der Waals surface area contributed by atoms with Crippen LogP contribution in [0.3, 0.4) is 0 Å². The van der Waals surface area contributed by atoms with Crippen LogP contribution in [-0.4, -0.2) is 35.4 Å². The Kier molecular flexibility index (Phi) is 3.98. The van der Waals surface area contributed by atoms with Crippen LogP contribution in [-0.2, 0) is 20.9 Å². The number of esters is 1. The van der Waals surface area contributed by atoms with Crippen LogP contribution in [0.5, 0.6) is 0 Å². The molecule has 0 aliphatic carbocycles. The summed E-state index contributed by atoms with van der Waals surface area (Å²) in [6, 6.07) is 14.5. The smallest absolute Gasteiger partial charge is 0.354 e. The minimum Gasteiger partial charge on any atom is -0.458 e. The Morgan fingerprint density at radius 3 is 2.56 bits per heavy atom. The summed E-state index contributed by atoms with van der Waals surface area (Å²) < 4.78 is 5.57. The third kappa shape index (κ3) is 2.51. The zero-order valence-corrected chi connectivity index (χ0v) is 15.3. The Morgan fingerprint density at radius 1 is 1.11 bits per heavy atom. The first-order valence-corrected chi connectivity index (χ1v) is 8.88. The van der Waals surface area contributed by atoms with Gasteiger partial charge >= 0.3 is 5.97 Å². The molecule has 2 amide bonds. The molecule has 2 aromatic rings. The molecule has 0 aromatic heterocycles. The lowest BCUT2D eigenvalue weighted by atomic mass is 9.97. The van der Waals surface area contributed by atoms with Gasteiger partial charge in [-0.2, -0.15) is 0 Å². The first-order valence-electron chi connectivity index (χ1n) is 8.88. The largest absolute Gasteiger partial charge is 0.458 e. The Morgan fingerprint density at radius 2 is 1.81 bits per heavy atom. The van der Waals surface area contributed by atoms with Crippen molar-refractivity contribution in [2.75, 3.05) is 11.9 Å². The van der Waals surface area contributed by atoms with Crippen LogP contribution in [0.1, 0.15) is 34.3 Å². The molecule has 0 saturated carbocycles. The SMILES string of the molecule is Cc1ccc(COC(=O)[C@@]23CCC(=O)N2c2ccccc2C(=O)N3C)cc1. The fourth-order valence-electron chi connectivity index (χ4n) is 3.84. The first kappa shape index (κ1) is 17.3. The number of carbonyl (C=O) groups excluding carboxylic acids is 3. The van der Waals surface area contributed by atoms with Crippen LogP contribution in [0.25, 0.3) is 0 Å². The average Bonchev–Trinajstić information content (AvgIpc) is 3.04. The summed E-state index contributed by atoms with van der Waals surface area (Å²) in [6.07, 6.45) is 0.403. The van der Waals surface area contributed by atoms with Crippen molar-refractivity contribution in [3.63, 3.8) is 0 Å². The van der Waals surface area contributed by atoms with Gasteiger partial charge in [0.2, 0.25) is 11.6 Å². The van der Waals surface area contributed by atoms with Gasteiger partial charge in [-0.05, 0) is 24.6 Å². The van der Waals surface area contributed by atoms with Gasteiger partial charge in [-0.3, -0.25) is 14.5 Å². The van der Waals surface area contributed by atoms with Crippen molar-refractivity contribution in [1.82, 2.24) is 4.90 Å². The standard InChI is InChI=1S/C21H20N2O4/c1-14-7-9-15(10-8-14)13-27-20(26)21-12-11-18(24)23(21)17-6-4-3-5-16(17)19(25)22(21)2/h3-10H,11-13H2,1-2H3/t21-/m1/s1. The second-order valence-electron chi connectivity index (χ2n) is 6.99. The second-order valence-corrected chi connectivity index (χ2v) is 6.99. The van der Waals surface area contributed by atoms with E-state index in [1.807, 2.05) is 31.2 Å². The van der Waals surface area contributed by atoms with E-state index in [-0.39, 0.29) is 31.3 Å². The quantitative estimate of drug-likeness (QED) is 0.786. The summed E-state index contributed by atoms with van der Waals surface area (Å²) in [5.74, 6) is -1.06. The molecule has 6 nitrogen and oxygen atoms in total. The fourth-order valence-corrected chi connectivity index (χ4v) is 3.84. The molecule has 2 aliphatic rings. The Bertz CT molecular complexity index is 937. The monoisotopic (exact) mass is 364 g/mol. The van der Waals surface area contributed by atoms with Gasteiger partial charge in [0.15, 0.2) is 0 Å². The lowest BCUT2D eigenvalue weighted by Gasteiger charge is -2.46. The summed E-state index contributed by atoms with van der Waals surface area (Å²) >= 11 is 0. The Balaban J connectivity index is 1.69. The zero-order valence-electron chi connectivity index (χ0n) is 15.3. The molecule has 2 aliphatic heterocycles. The molecule has 1 atom stereocenters. The highest BCUT2D eigenvalue weighted by Crippen LogP contribution is 2.44. The maximum atomic E-state index is 13.1. The predicted molar refractivity (Wildman–Crippen MR) is 99.0 cm³/mol. The highest BCUT2D eigenvalue weighted by atomic mass is 16.5. The van der Waals surface area contributed by atoms with Gasteiger partial charge in [-0.25, -0.2) is 4.79 Å². The highest BCUT2D eigenvalue weighted by Gasteiger charge is 2.60. The van der Waals surface area contributed by atoms with E-state index in [4.69, 9.17) is 4.74 Å². The topological polar surface area (TPSA) is 66.9 Å². The van der Waals surface area contributed by atoms with Gasteiger partial charge < -0.3 is 9.64 Å². The molecule has 0 bridgehead atoms. The molecule has 1 fully saturated rings. The molecular formula is C21H20N2O4. The molecule has 0 unspecified atom stereocenters. The summed E-state index contributed by atoms with van der Waals surface area (Å²) in [5.41, 5.74) is 1.43. The van der Waals surface area contributed by atoms with Gasteiger partial charge in [0.25, 0.3) is 5.91 Å². The van der Waals surface area contributed by atoms with E-state index < -0.39 is 11.6 Å². The average molecular weight is 364 g/mol. The van der Waals surface area contributed by atoms with Gasteiger partial charge in [0.05, 0.1) is 11.3 Å². The molecule has 0 spiro atoms. The maximum Gasteiger partial charge on any atom is 0.354 e. The number of nitrogens with zero attached hydrogens (tertiary/aromatic N) is 2. The van der Waals surface area contributed by atoms with E-state index in [2.05, 4.69) is 0 Å². The number of para-hydroxylation sites is 1. The summed E-state index contributed by atoms with van der Waals surface area (Å²) in [4.78, 5) is 41.4. The van der Waals surface area contributed by atoms with E-state index in [0.29, 0.717) is 11.3 Å². The number of rotatable bonds is 3. The molecular weight excluding hydrogens is 344 g/mol. The molecule has 27 heavy (non-hydrogen) atoms. The number of anilines is 1. The molecule has 2 aromatic carbocycles. The third-order valence-corrected chi connectivity index (χ3v) is 5.36. The first-order chi connectivity index (χ1) is 12.9. The number of hydrogen-bond acceptors (Lipinski definition) is 4. The molecule has 0 radical (unpaired) electrons. The normalized spacial score (nSPS) is 21.1. The lowest BCUT2D eigenvalue weighted by molar-refractivity contribution is -0.157. The van der Waals surface area contributed by atoms with Crippen molar-refractivity contribution in [1.29, 1.82) is 0 Å².